The first-order valence-electron chi connectivity index (χ1n) is 10.5. The van der Waals surface area contributed by atoms with E-state index < -0.39 is 11.9 Å². The van der Waals surface area contributed by atoms with Crippen LogP contribution in [0.3, 0.4) is 0 Å². The first kappa shape index (κ1) is 23.5. The third-order valence-corrected chi connectivity index (χ3v) is 6.00. The van der Waals surface area contributed by atoms with E-state index in [0.717, 1.165) is 16.0 Å². The third-order valence-electron chi connectivity index (χ3n) is 5.31. The largest absolute Gasteiger partial charge is 0.493 e. The number of carbonyl (C=O) groups excluding carboxylic acids is 2. The predicted octanol–water partition coefficient (Wildman–Crippen LogP) is 5.58. The maximum absolute atomic E-state index is 13.9. The smallest absolute Gasteiger partial charge is 0.329 e. The lowest BCUT2D eigenvalue weighted by Crippen LogP contribution is -2.30. The van der Waals surface area contributed by atoms with Crippen molar-refractivity contribution < 1.29 is 23.5 Å². The number of benzene rings is 3. The van der Waals surface area contributed by atoms with Crippen LogP contribution in [0.1, 0.15) is 22.3 Å². The van der Waals surface area contributed by atoms with Crippen molar-refractivity contribution in [2.45, 2.75) is 20.1 Å². The molecule has 4 rings (SSSR count). The van der Waals surface area contributed by atoms with Crippen molar-refractivity contribution in [2.75, 3.05) is 7.11 Å². The highest BCUT2D eigenvalue weighted by Gasteiger charge is 2.33. The van der Waals surface area contributed by atoms with Crippen molar-refractivity contribution in [3.8, 4) is 11.5 Å². The zero-order valence-corrected chi connectivity index (χ0v) is 20.2. The monoisotopic (exact) mass is 524 g/mol. The molecule has 6 nitrogen and oxygen atoms in total. The number of halogens is 2. The summed E-state index contributed by atoms with van der Waals surface area (Å²) in [5.41, 5.74) is 3.09. The van der Waals surface area contributed by atoms with Crippen LogP contribution in [0.4, 0.5) is 9.18 Å². The molecule has 1 aliphatic heterocycles. The molecule has 1 N–H and O–H groups in total. The molecule has 0 unspecified atom stereocenters. The Hall–Kier alpha value is -3.65. The highest BCUT2D eigenvalue weighted by atomic mass is 79.9. The molecule has 1 aliphatic rings. The van der Waals surface area contributed by atoms with Gasteiger partial charge < -0.3 is 14.8 Å². The fourth-order valence-electron chi connectivity index (χ4n) is 3.57. The van der Waals surface area contributed by atoms with E-state index in [-0.39, 0.29) is 24.7 Å². The number of hydrogen-bond donors (Lipinski definition) is 1. The number of urea groups is 1. The number of aryl methyl sites for hydroxylation is 1. The number of ether oxygens (including phenoxy) is 2. The summed E-state index contributed by atoms with van der Waals surface area (Å²) in [5.74, 6) is 0.0345. The quantitative estimate of drug-likeness (QED) is 0.323. The summed E-state index contributed by atoms with van der Waals surface area (Å²) in [6.45, 7) is 2.16. The van der Waals surface area contributed by atoms with Gasteiger partial charge in [0.25, 0.3) is 5.91 Å². The summed E-state index contributed by atoms with van der Waals surface area (Å²) in [6, 6.07) is 16.9. The van der Waals surface area contributed by atoms with Crippen LogP contribution in [0.2, 0.25) is 0 Å². The minimum Gasteiger partial charge on any atom is -0.493 e. The molecule has 0 saturated carbocycles. The van der Waals surface area contributed by atoms with Crippen LogP contribution in [0.25, 0.3) is 6.08 Å². The number of carbonyl (C=O) groups is 2. The van der Waals surface area contributed by atoms with E-state index in [0.29, 0.717) is 27.1 Å². The van der Waals surface area contributed by atoms with Gasteiger partial charge in [-0.15, -0.1) is 0 Å². The van der Waals surface area contributed by atoms with Gasteiger partial charge in [-0.25, -0.2) is 9.18 Å². The van der Waals surface area contributed by atoms with Crippen molar-refractivity contribution >= 4 is 33.9 Å². The fourth-order valence-corrected chi connectivity index (χ4v) is 4.01. The molecule has 0 aromatic heterocycles. The molecule has 3 amide bonds. The summed E-state index contributed by atoms with van der Waals surface area (Å²) in [6.07, 6.45) is 1.57. The molecular weight excluding hydrogens is 503 g/mol. The van der Waals surface area contributed by atoms with Crippen LogP contribution < -0.4 is 14.8 Å². The van der Waals surface area contributed by atoms with E-state index in [1.54, 1.807) is 36.4 Å². The summed E-state index contributed by atoms with van der Waals surface area (Å²) in [7, 11) is 1.49. The minimum absolute atomic E-state index is 0.0262. The number of amides is 3. The van der Waals surface area contributed by atoms with Crippen LogP contribution in [0.5, 0.6) is 11.5 Å². The first-order chi connectivity index (χ1) is 16.4. The zero-order chi connectivity index (χ0) is 24.2. The molecule has 0 radical (unpaired) electrons. The van der Waals surface area contributed by atoms with Crippen molar-refractivity contribution in [1.29, 1.82) is 0 Å². The summed E-state index contributed by atoms with van der Waals surface area (Å²) in [5, 5.41) is 2.63. The number of nitrogens with one attached hydrogen (secondary N) is 1. The van der Waals surface area contributed by atoms with E-state index in [9.17, 15) is 14.0 Å². The third kappa shape index (κ3) is 5.12. The summed E-state index contributed by atoms with van der Waals surface area (Å²) in [4.78, 5) is 26.5. The Morgan fingerprint density at radius 3 is 2.59 bits per heavy atom. The van der Waals surface area contributed by atoms with Gasteiger partial charge in [0.1, 0.15) is 18.1 Å². The molecule has 1 heterocycles. The van der Waals surface area contributed by atoms with Gasteiger partial charge in [0, 0.05) is 10.0 Å². The number of imide groups is 1. The molecule has 1 saturated heterocycles. The number of hydrogen-bond acceptors (Lipinski definition) is 4. The van der Waals surface area contributed by atoms with E-state index in [1.165, 1.54) is 13.2 Å². The highest BCUT2D eigenvalue weighted by molar-refractivity contribution is 9.10. The van der Waals surface area contributed by atoms with Crippen LogP contribution >= 0.6 is 15.9 Å². The number of rotatable bonds is 7. The maximum atomic E-state index is 13.9. The Morgan fingerprint density at radius 2 is 1.85 bits per heavy atom. The zero-order valence-electron chi connectivity index (χ0n) is 18.6. The average molecular weight is 525 g/mol. The van der Waals surface area contributed by atoms with Gasteiger partial charge in [0.05, 0.1) is 13.7 Å². The molecule has 0 spiro atoms. The van der Waals surface area contributed by atoms with Gasteiger partial charge in [-0.3, -0.25) is 9.69 Å². The second-order valence-corrected chi connectivity index (χ2v) is 8.63. The lowest BCUT2D eigenvalue weighted by molar-refractivity contribution is -0.123. The lowest BCUT2D eigenvalue weighted by Gasteiger charge is -2.13. The molecule has 3 aromatic rings. The molecule has 3 aromatic carbocycles. The second-order valence-electron chi connectivity index (χ2n) is 7.77. The molecule has 174 valence electrons. The number of methoxy groups -OCH3 is 1. The predicted molar refractivity (Wildman–Crippen MR) is 130 cm³/mol. The topological polar surface area (TPSA) is 67.9 Å². The second kappa shape index (κ2) is 10.1. The van der Waals surface area contributed by atoms with Crippen LogP contribution in [0, 0.1) is 12.7 Å². The summed E-state index contributed by atoms with van der Waals surface area (Å²) < 4.78 is 25.7. The Balaban J connectivity index is 1.54. The van der Waals surface area contributed by atoms with Crippen LogP contribution in [0.15, 0.2) is 70.8 Å². The first-order valence-corrected chi connectivity index (χ1v) is 11.3. The van der Waals surface area contributed by atoms with Gasteiger partial charge in [-0.2, -0.15) is 0 Å². The fraction of sp³-hybridized carbons (Fsp3) is 0.154. The SMILES string of the molecule is COc1cc(/C=C2/NC(=O)N(Cc3cccc(C)c3)C2=O)c(Br)cc1OCc1ccccc1F. The molecular formula is C26H22BrFN2O4. The van der Waals surface area contributed by atoms with Crippen molar-refractivity contribution in [3.63, 3.8) is 0 Å². The van der Waals surface area contributed by atoms with E-state index >= 15 is 0 Å². The van der Waals surface area contributed by atoms with Gasteiger partial charge in [-0.1, -0.05) is 64.0 Å². The molecule has 0 bridgehead atoms. The normalized spacial score (nSPS) is 14.5. The molecule has 0 aliphatic carbocycles. The lowest BCUT2D eigenvalue weighted by atomic mass is 10.1. The average Bonchev–Trinajstić information content (AvgIpc) is 3.07. The molecule has 0 atom stereocenters. The van der Waals surface area contributed by atoms with Gasteiger partial charge in [-0.05, 0) is 42.3 Å². The Labute approximate surface area is 205 Å². The van der Waals surface area contributed by atoms with Crippen molar-refractivity contribution in [1.82, 2.24) is 10.2 Å². The molecule has 34 heavy (non-hydrogen) atoms. The minimum atomic E-state index is -0.481. The molecule has 8 heteroatoms. The van der Waals surface area contributed by atoms with Gasteiger partial charge in [0.2, 0.25) is 0 Å². The summed E-state index contributed by atoms with van der Waals surface area (Å²) >= 11 is 3.48. The molecule has 1 fully saturated rings. The Bertz CT molecular complexity index is 1290. The van der Waals surface area contributed by atoms with Crippen molar-refractivity contribution in [2.24, 2.45) is 0 Å². The van der Waals surface area contributed by atoms with Gasteiger partial charge in [0.15, 0.2) is 11.5 Å². The highest BCUT2D eigenvalue weighted by Crippen LogP contribution is 2.35. The van der Waals surface area contributed by atoms with Crippen molar-refractivity contribution in [3.05, 3.63) is 98.9 Å². The maximum Gasteiger partial charge on any atom is 0.329 e. The number of nitrogens with zero attached hydrogens (tertiary/aromatic N) is 1. The van der Waals surface area contributed by atoms with Crippen LogP contribution in [-0.4, -0.2) is 23.9 Å². The van der Waals surface area contributed by atoms with Gasteiger partial charge >= 0.3 is 6.03 Å². The van der Waals surface area contributed by atoms with E-state index in [2.05, 4.69) is 21.2 Å². The standard InChI is InChI=1S/C26H22BrFN2O4/c1-16-6-5-7-17(10-16)14-30-25(31)22(29-26(30)32)11-19-12-23(33-2)24(13-20(19)27)34-15-18-8-3-4-9-21(18)28/h3-13H,14-15H2,1-2H3,(H,29,32)/b22-11+. The van der Waals surface area contributed by atoms with Crippen LogP contribution in [-0.2, 0) is 17.9 Å². The van der Waals surface area contributed by atoms with E-state index in [4.69, 9.17) is 9.47 Å². The van der Waals surface area contributed by atoms with E-state index in [1.807, 2.05) is 31.2 Å². The Morgan fingerprint density at radius 1 is 1.06 bits per heavy atom. The Kier molecular flexibility index (Phi) is 6.98.